The molecule has 1 aromatic heterocycles. The van der Waals surface area contributed by atoms with Gasteiger partial charge in [0.15, 0.2) is 5.13 Å². The molecule has 0 aromatic carbocycles. The predicted octanol–water partition coefficient (Wildman–Crippen LogP) is 2.90. The second kappa shape index (κ2) is 6.46. The fraction of sp³-hybridized carbons (Fsp3) is 0.786. The Morgan fingerprint density at radius 2 is 2.11 bits per heavy atom. The van der Waals surface area contributed by atoms with E-state index in [0.29, 0.717) is 0 Å². The maximum atomic E-state index is 4.92. The molecule has 1 saturated carbocycles. The Bertz CT molecular complexity index is 409. The highest BCUT2D eigenvalue weighted by atomic mass is 32.2. The van der Waals surface area contributed by atoms with Crippen LogP contribution in [0.3, 0.4) is 0 Å². The van der Waals surface area contributed by atoms with E-state index in [1.165, 1.54) is 59.6 Å². The number of hydrogen-bond acceptors (Lipinski definition) is 5. The first kappa shape index (κ1) is 13.7. The van der Waals surface area contributed by atoms with Gasteiger partial charge in [-0.25, -0.2) is 4.98 Å². The van der Waals surface area contributed by atoms with E-state index >= 15 is 0 Å². The summed E-state index contributed by atoms with van der Waals surface area (Å²) in [5.41, 5.74) is 1.34. The van der Waals surface area contributed by atoms with Gasteiger partial charge in [0.1, 0.15) is 0 Å². The average Bonchev–Trinajstić information content (AvgIpc) is 3.19. The number of thiazole rings is 1. The van der Waals surface area contributed by atoms with Crippen molar-refractivity contribution in [3.8, 4) is 0 Å². The number of nitrogens with one attached hydrogen (secondary N) is 1. The fourth-order valence-corrected chi connectivity index (χ4v) is 4.37. The Hall–Kier alpha value is -0.260. The van der Waals surface area contributed by atoms with Gasteiger partial charge in [-0.1, -0.05) is 13.3 Å². The van der Waals surface area contributed by atoms with Crippen molar-refractivity contribution in [2.24, 2.45) is 0 Å². The molecule has 1 saturated heterocycles. The van der Waals surface area contributed by atoms with Crippen molar-refractivity contribution >= 4 is 28.2 Å². The smallest absolute Gasteiger partial charge is 0.185 e. The first-order valence-electron chi connectivity index (χ1n) is 7.41. The third kappa shape index (κ3) is 3.64. The molecule has 3 nitrogen and oxygen atoms in total. The molecule has 2 fully saturated rings. The highest BCUT2D eigenvalue weighted by Crippen LogP contribution is 2.30. The molecule has 1 aliphatic carbocycles. The van der Waals surface area contributed by atoms with Crippen LogP contribution < -0.4 is 10.2 Å². The molecule has 0 atom stereocenters. The van der Waals surface area contributed by atoms with Gasteiger partial charge in [-0.2, -0.15) is 11.8 Å². The SMILES string of the molecule is CCCc1nc(N2CCSCC2)sc1CNC1CC1. The van der Waals surface area contributed by atoms with E-state index in [4.69, 9.17) is 4.98 Å². The summed E-state index contributed by atoms with van der Waals surface area (Å²) < 4.78 is 0. The zero-order chi connectivity index (χ0) is 13.1. The van der Waals surface area contributed by atoms with E-state index in [-0.39, 0.29) is 0 Å². The minimum Gasteiger partial charge on any atom is -0.346 e. The lowest BCUT2D eigenvalue weighted by atomic mass is 10.2. The predicted molar refractivity (Wildman–Crippen MR) is 85.5 cm³/mol. The Morgan fingerprint density at radius 1 is 1.32 bits per heavy atom. The van der Waals surface area contributed by atoms with Gasteiger partial charge in [-0.15, -0.1) is 11.3 Å². The van der Waals surface area contributed by atoms with Crippen molar-refractivity contribution < 1.29 is 0 Å². The van der Waals surface area contributed by atoms with Crippen LogP contribution in [0, 0.1) is 0 Å². The third-order valence-electron chi connectivity index (χ3n) is 3.66. The zero-order valence-electron chi connectivity index (χ0n) is 11.7. The highest BCUT2D eigenvalue weighted by Gasteiger charge is 2.22. The van der Waals surface area contributed by atoms with E-state index in [0.717, 1.165) is 19.0 Å². The maximum absolute atomic E-state index is 4.92. The molecule has 5 heteroatoms. The molecule has 19 heavy (non-hydrogen) atoms. The molecule has 2 heterocycles. The van der Waals surface area contributed by atoms with Crippen LogP contribution >= 0.6 is 23.1 Å². The molecule has 3 rings (SSSR count). The van der Waals surface area contributed by atoms with Crippen molar-refractivity contribution in [1.29, 1.82) is 0 Å². The van der Waals surface area contributed by atoms with Gasteiger partial charge >= 0.3 is 0 Å². The second-order valence-electron chi connectivity index (χ2n) is 5.37. The van der Waals surface area contributed by atoms with E-state index in [1.807, 2.05) is 11.3 Å². The Labute approximate surface area is 124 Å². The lowest BCUT2D eigenvalue weighted by Crippen LogP contribution is -2.32. The number of nitrogens with zero attached hydrogens (tertiary/aromatic N) is 2. The Kier molecular flexibility index (Phi) is 4.66. The topological polar surface area (TPSA) is 28.2 Å². The Balaban J connectivity index is 1.70. The maximum Gasteiger partial charge on any atom is 0.185 e. The molecular weight excluding hydrogens is 274 g/mol. The van der Waals surface area contributed by atoms with Gasteiger partial charge < -0.3 is 10.2 Å². The van der Waals surface area contributed by atoms with Crippen LogP contribution in [0.15, 0.2) is 0 Å². The molecular formula is C14H23N3S2. The zero-order valence-corrected chi connectivity index (χ0v) is 13.3. The lowest BCUT2D eigenvalue weighted by Gasteiger charge is -2.25. The summed E-state index contributed by atoms with van der Waals surface area (Å²) in [5.74, 6) is 2.50. The fourth-order valence-electron chi connectivity index (χ4n) is 2.35. The number of aromatic nitrogens is 1. The monoisotopic (exact) mass is 297 g/mol. The van der Waals surface area contributed by atoms with Gasteiger partial charge in [0.25, 0.3) is 0 Å². The van der Waals surface area contributed by atoms with Gasteiger partial charge in [0.2, 0.25) is 0 Å². The van der Waals surface area contributed by atoms with Crippen LogP contribution in [0.25, 0.3) is 0 Å². The summed E-state index contributed by atoms with van der Waals surface area (Å²) in [4.78, 5) is 8.86. The van der Waals surface area contributed by atoms with E-state index in [9.17, 15) is 0 Å². The quantitative estimate of drug-likeness (QED) is 0.874. The third-order valence-corrected chi connectivity index (χ3v) is 5.76. The summed E-state index contributed by atoms with van der Waals surface area (Å²) >= 11 is 3.98. The minimum absolute atomic E-state index is 0.784. The molecule has 106 valence electrons. The standard InChI is InChI=1S/C14H23N3S2/c1-2-3-12-13(10-15-11-4-5-11)19-14(16-12)17-6-8-18-9-7-17/h11,15H,2-10H2,1H3. The molecule has 0 radical (unpaired) electrons. The largest absolute Gasteiger partial charge is 0.346 e. The van der Waals surface area contributed by atoms with Crippen LogP contribution in [0.2, 0.25) is 0 Å². The molecule has 0 unspecified atom stereocenters. The van der Waals surface area contributed by atoms with Crippen LogP contribution in [0.5, 0.6) is 0 Å². The van der Waals surface area contributed by atoms with E-state index < -0.39 is 0 Å². The highest BCUT2D eigenvalue weighted by molar-refractivity contribution is 7.99. The first-order valence-corrected chi connectivity index (χ1v) is 9.38. The van der Waals surface area contributed by atoms with Gasteiger partial charge in [0, 0.05) is 42.1 Å². The van der Waals surface area contributed by atoms with Crippen molar-refractivity contribution in [2.45, 2.75) is 45.2 Å². The van der Waals surface area contributed by atoms with Gasteiger partial charge in [0.05, 0.1) is 5.69 Å². The summed E-state index contributed by atoms with van der Waals surface area (Å²) in [6.45, 7) is 5.60. The summed E-state index contributed by atoms with van der Waals surface area (Å²) in [6.07, 6.45) is 5.03. The normalized spacial score (nSPS) is 19.9. The van der Waals surface area contributed by atoms with E-state index in [2.05, 4.69) is 28.9 Å². The van der Waals surface area contributed by atoms with Crippen molar-refractivity contribution in [1.82, 2.24) is 10.3 Å². The molecule has 2 aliphatic rings. The molecule has 0 bridgehead atoms. The summed E-state index contributed by atoms with van der Waals surface area (Å²) in [5, 5.41) is 4.90. The second-order valence-corrected chi connectivity index (χ2v) is 7.66. The lowest BCUT2D eigenvalue weighted by molar-refractivity contribution is 0.686. The molecule has 1 aromatic rings. The van der Waals surface area contributed by atoms with Crippen LogP contribution in [-0.2, 0) is 13.0 Å². The number of thioether (sulfide) groups is 1. The van der Waals surface area contributed by atoms with Crippen LogP contribution in [0.4, 0.5) is 5.13 Å². The first-order chi connectivity index (χ1) is 9.36. The van der Waals surface area contributed by atoms with Gasteiger partial charge in [-0.05, 0) is 19.3 Å². The Morgan fingerprint density at radius 3 is 2.79 bits per heavy atom. The molecule has 1 aliphatic heterocycles. The number of hydrogen-bond donors (Lipinski definition) is 1. The van der Waals surface area contributed by atoms with Gasteiger partial charge in [-0.3, -0.25) is 0 Å². The van der Waals surface area contributed by atoms with Crippen molar-refractivity contribution in [3.05, 3.63) is 10.6 Å². The van der Waals surface area contributed by atoms with Crippen LogP contribution in [0.1, 0.15) is 36.8 Å². The minimum atomic E-state index is 0.784. The van der Waals surface area contributed by atoms with Crippen molar-refractivity contribution in [2.75, 3.05) is 29.5 Å². The van der Waals surface area contributed by atoms with Crippen molar-refractivity contribution in [3.63, 3.8) is 0 Å². The number of aryl methyl sites for hydroxylation is 1. The molecule has 0 amide bonds. The number of anilines is 1. The average molecular weight is 297 g/mol. The summed E-state index contributed by atoms with van der Waals surface area (Å²) in [7, 11) is 0. The summed E-state index contributed by atoms with van der Waals surface area (Å²) in [6, 6.07) is 0.784. The number of rotatable bonds is 6. The van der Waals surface area contributed by atoms with Crippen LogP contribution in [-0.4, -0.2) is 35.6 Å². The molecule has 1 N–H and O–H groups in total. The van der Waals surface area contributed by atoms with E-state index in [1.54, 1.807) is 0 Å². The molecule has 0 spiro atoms.